The van der Waals surface area contributed by atoms with Crippen molar-refractivity contribution in [2.24, 2.45) is 0 Å². The number of hydrogen-bond donors (Lipinski definition) is 1. The van der Waals surface area contributed by atoms with Gasteiger partial charge in [0.05, 0.1) is 40.8 Å². The number of methoxy groups -OCH3 is 1. The monoisotopic (exact) mass is 412 g/mol. The number of pyridine rings is 1. The van der Waals surface area contributed by atoms with Crippen LogP contribution in [0.25, 0.3) is 10.9 Å². The molecule has 1 N–H and O–H groups in total. The molecule has 7 nitrogen and oxygen atoms in total. The fourth-order valence-corrected chi connectivity index (χ4v) is 3.70. The molecule has 8 heteroatoms. The van der Waals surface area contributed by atoms with Crippen molar-refractivity contribution in [3.63, 3.8) is 0 Å². The molecular formula is C21H17ClN2O5. The zero-order valence-electron chi connectivity index (χ0n) is 15.7. The van der Waals surface area contributed by atoms with Crippen molar-refractivity contribution in [2.75, 3.05) is 12.4 Å². The molecule has 0 fully saturated rings. The van der Waals surface area contributed by atoms with Crippen LogP contribution < -0.4 is 15.5 Å². The lowest BCUT2D eigenvalue weighted by Crippen LogP contribution is -2.30. The lowest BCUT2D eigenvalue weighted by atomic mass is 10.1. The largest absolute Gasteiger partial charge is 0.487 e. The average Bonchev–Trinajstić information content (AvgIpc) is 2.71. The van der Waals surface area contributed by atoms with Gasteiger partial charge in [-0.25, -0.2) is 4.79 Å². The molecule has 1 aromatic heterocycles. The number of esters is 1. The van der Waals surface area contributed by atoms with E-state index in [9.17, 15) is 14.4 Å². The van der Waals surface area contributed by atoms with Crippen LogP contribution in [0.2, 0.25) is 5.02 Å². The maximum absolute atomic E-state index is 13.1. The van der Waals surface area contributed by atoms with E-state index < -0.39 is 17.3 Å². The molecule has 0 spiro atoms. The molecule has 29 heavy (non-hydrogen) atoms. The molecule has 0 radical (unpaired) electrons. The van der Waals surface area contributed by atoms with Crippen LogP contribution >= 0.6 is 11.6 Å². The zero-order chi connectivity index (χ0) is 20.7. The van der Waals surface area contributed by atoms with Gasteiger partial charge in [-0.2, -0.15) is 0 Å². The van der Waals surface area contributed by atoms with Crippen LogP contribution in [-0.4, -0.2) is 29.7 Å². The Labute approximate surface area is 170 Å². The molecule has 0 bridgehead atoms. The first-order valence-electron chi connectivity index (χ1n) is 8.91. The zero-order valence-corrected chi connectivity index (χ0v) is 16.4. The van der Waals surface area contributed by atoms with E-state index in [-0.39, 0.29) is 33.3 Å². The molecule has 1 aliphatic heterocycles. The van der Waals surface area contributed by atoms with Gasteiger partial charge < -0.3 is 19.4 Å². The van der Waals surface area contributed by atoms with Crippen LogP contribution in [0.4, 0.5) is 5.69 Å². The number of carbonyl (C=O) groups excluding carboxylic acids is 2. The van der Waals surface area contributed by atoms with Crippen molar-refractivity contribution < 1.29 is 19.1 Å². The molecular weight excluding hydrogens is 396 g/mol. The molecule has 2 heterocycles. The first kappa shape index (κ1) is 19.0. The summed E-state index contributed by atoms with van der Waals surface area (Å²) in [6.45, 7) is 2.36. The van der Waals surface area contributed by atoms with Crippen LogP contribution in [0, 0.1) is 0 Å². The van der Waals surface area contributed by atoms with Crippen molar-refractivity contribution in [2.45, 2.75) is 19.6 Å². The van der Waals surface area contributed by atoms with E-state index in [1.807, 2.05) is 6.92 Å². The second-order valence-corrected chi connectivity index (χ2v) is 7.12. The number of aromatic nitrogens is 1. The number of hydrogen-bond acceptors (Lipinski definition) is 5. The highest BCUT2D eigenvalue weighted by Gasteiger charge is 2.25. The van der Waals surface area contributed by atoms with Gasteiger partial charge in [0.1, 0.15) is 17.4 Å². The van der Waals surface area contributed by atoms with Gasteiger partial charge in [-0.3, -0.25) is 9.59 Å². The number of ether oxygens (including phenoxy) is 2. The fraction of sp³-hybridized carbons (Fsp3) is 0.190. The summed E-state index contributed by atoms with van der Waals surface area (Å²) in [5, 5.41) is 3.10. The van der Waals surface area contributed by atoms with Crippen molar-refractivity contribution in [1.29, 1.82) is 0 Å². The van der Waals surface area contributed by atoms with Crippen LogP contribution in [0.5, 0.6) is 5.75 Å². The van der Waals surface area contributed by atoms with E-state index in [0.29, 0.717) is 17.8 Å². The van der Waals surface area contributed by atoms with Crippen molar-refractivity contribution in [3.8, 4) is 5.75 Å². The van der Waals surface area contributed by atoms with E-state index in [1.165, 1.54) is 19.4 Å². The Morgan fingerprint density at radius 3 is 2.72 bits per heavy atom. The van der Waals surface area contributed by atoms with Crippen molar-refractivity contribution >= 4 is 40.1 Å². The summed E-state index contributed by atoms with van der Waals surface area (Å²) >= 11 is 6.28. The minimum absolute atomic E-state index is 0.0784. The molecule has 148 valence electrons. The predicted octanol–water partition coefficient (Wildman–Crippen LogP) is 3.47. The maximum atomic E-state index is 13.1. The van der Waals surface area contributed by atoms with Gasteiger partial charge >= 0.3 is 5.97 Å². The van der Waals surface area contributed by atoms with Crippen molar-refractivity contribution in [1.82, 2.24) is 4.57 Å². The number of halogens is 1. The molecule has 0 aliphatic carbocycles. The second-order valence-electron chi connectivity index (χ2n) is 6.71. The van der Waals surface area contributed by atoms with E-state index >= 15 is 0 Å². The number of rotatable bonds is 3. The van der Waals surface area contributed by atoms with E-state index in [0.717, 1.165) is 0 Å². The smallest absolute Gasteiger partial charge is 0.339 e. The third-order valence-corrected chi connectivity index (χ3v) is 5.06. The molecule has 1 amide bonds. The molecule has 2 aromatic carbocycles. The Kier molecular flexibility index (Phi) is 4.76. The Morgan fingerprint density at radius 1 is 1.21 bits per heavy atom. The van der Waals surface area contributed by atoms with Crippen LogP contribution in [0.1, 0.15) is 27.6 Å². The molecule has 1 aliphatic rings. The summed E-state index contributed by atoms with van der Waals surface area (Å²) in [4.78, 5) is 38.0. The van der Waals surface area contributed by atoms with Crippen LogP contribution in [0.15, 0.2) is 47.4 Å². The quantitative estimate of drug-likeness (QED) is 0.665. The summed E-state index contributed by atoms with van der Waals surface area (Å²) < 4.78 is 12.3. The number of carbonyl (C=O) groups is 2. The highest BCUT2D eigenvalue weighted by Crippen LogP contribution is 2.33. The minimum Gasteiger partial charge on any atom is -0.487 e. The summed E-state index contributed by atoms with van der Waals surface area (Å²) in [6.07, 6.45) is 1.37. The SMILES string of the molecule is COC(=O)c1ccccc1NC(=O)c1cn2c3c(ccc(Cl)c3c1=O)O[C@H](C)C2. The molecule has 0 saturated heterocycles. The van der Waals surface area contributed by atoms with Gasteiger partial charge in [0, 0.05) is 6.20 Å². The average molecular weight is 413 g/mol. The lowest BCUT2D eigenvalue weighted by molar-refractivity contribution is 0.0602. The molecule has 4 rings (SSSR count). The predicted molar refractivity (Wildman–Crippen MR) is 109 cm³/mol. The first-order chi connectivity index (χ1) is 13.9. The lowest BCUT2D eigenvalue weighted by Gasteiger charge is -2.26. The van der Waals surface area contributed by atoms with Gasteiger partial charge in [0.25, 0.3) is 5.91 Å². The summed E-state index contributed by atoms with van der Waals surface area (Å²) in [5.74, 6) is -0.689. The Morgan fingerprint density at radius 2 is 1.97 bits per heavy atom. The van der Waals surface area contributed by atoms with E-state index in [1.54, 1.807) is 34.9 Å². The molecule has 3 aromatic rings. The molecule has 1 atom stereocenters. The third-order valence-electron chi connectivity index (χ3n) is 4.74. The maximum Gasteiger partial charge on any atom is 0.339 e. The topological polar surface area (TPSA) is 86.6 Å². The van der Waals surface area contributed by atoms with Crippen molar-refractivity contribution in [3.05, 3.63) is 69.0 Å². The normalized spacial score (nSPS) is 14.9. The first-order valence-corrected chi connectivity index (χ1v) is 9.29. The Hall–Kier alpha value is -3.32. The van der Waals surface area contributed by atoms with E-state index in [2.05, 4.69) is 5.32 Å². The Balaban J connectivity index is 1.83. The van der Waals surface area contributed by atoms with Crippen LogP contribution in [0.3, 0.4) is 0 Å². The number of anilines is 1. The Bertz CT molecular complexity index is 1220. The second kappa shape index (κ2) is 7.25. The highest BCUT2D eigenvalue weighted by molar-refractivity contribution is 6.35. The number of amides is 1. The number of para-hydroxylation sites is 1. The summed E-state index contributed by atoms with van der Waals surface area (Å²) in [5.41, 5.74) is 0.415. The minimum atomic E-state index is -0.641. The van der Waals surface area contributed by atoms with Gasteiger partial charge in [0.2, 0.25) is 5.43 Å². The van der Waals surface area contributed by atoms with Gasteiger partial charge in [-0.15, -0.1) is 0 Å². The number of nitrogens with zero attached hydrogens (tertiary/aromatic N) is 1. The van der Waals surface area contributed by atoms with E-state index in [4.69, 9.17) is 21.1 Å². The molecule has 0 saturated carbocycles. The number of benzene rings is 2. The van der Waals surface area contributed by atoms with Crippen LogP contribution in [-0.2, 0) is 11.3 Å². The fourth-order valence-electron chi connectivity index (χ4n) is 3.46. The van der Waals surface area contributed by atoms with Gasteiger partial charge in [-0.05, 0) is 31.2 Å². The van der Waals surface area contributed by atoms with Gasteiger partial charge in [0.15, 0.2) is 0 Å². The van der Waals surface area contributed by atoms with Gasteiger partial charge in [-0.1, -0.05) is 23.7 Å². The third kappa shape index (κ3) is 3.23. The molecule has 0 unspecified atom stereocenters. The highest BCUT2D eigenvalue weighted by atomic mass is 35.5. The summed E-state index contributed by atoms with van der Waals surface area (Å²) in [6, 6.07) is 9.70. The standard InChI is InChI=1S/C21H17ClN2O5/c1-11-9-24-10-13(19(25)17-14(22)7-8-16(29-11)18(17)24)20(26)23-15-6-4-3-5-12(15)21(27)28-2/h3-8,10-11H,9H2,1-2H3,(H,23,26)/t11-/m1/s1. The summed E-state index contributed by atoms with van der Waals surface area (Å²) in [7, 11) is 1.25. The number of nitrogens with one attached hydrogen (secondary N) is 1.